The molecular formula is C22H23N3O4. The summed E-state index contributed by atoms with van der Waals surface area (Å²) in [5.74, 6) is 11.6. The van der Waals surface area contributed by atoms with Crippen LogP contribution in [0.25, 0.3) is 11.4 Å². The van der Waals surface area contributed by atoms with E-state index in [0.717, 1.165) is 0 Å². The van der Waals surface area contributed by atoms with E-state index in [-0.39, 0.29) is 5.69 Å². The highest BCUT2D eigenvalue weighted by molar-refractivity contribution is 5.94. The molecule has 150 valence electrons. The van der Waals surface area contributed by atoms with Crippen LogP contribution in [0, 0.1) is 23.7 Å². The first kappa shape index (κ1) is 20.5. The summed E-state index contributed by atoms with van der Waals surface area (Å²) in [5.41, 5.74) is 4.84. The Hall–Kier alpha value is -3.26. The highest BCUT2D eigenvalue weighted by Gasteiger charge is 2.25. The lowest BCUT2D eigenvalue weighted by atomic mass is 10.1. The average Bonchev–Trinajstić information content (AvgIpc) is 2.87. The van der Waals surface area contributed by atoms with Gasteiger partial charge in [0.2, 0.25) is 0 Å². The van der Waals surface area contributed by atoms with Gasteiger partial charge in [0.15, 0.2) is 5.69 Å². The van der Waals surface area contributed by atoms with Crippen molar-refractivity contribution in [2.75, 3.05) is 6.61 Å². The van der Waals surface area contributed by atoms with Gasteiger partial charge < -0.3 is 25.3 Å². The van der Waals surface area contributed by atoms with Crippen LogP contribution in [-0.2, 0) is 6.54 Å². The van der Waals surface area contributed by atoms with Crippen LogP contribution in [0.3, 0.4) is 0 Å². The molecular weight excluding hydrogens is 370 g/mol. The number of nitrogens with two attached hydrogens (primary N) is 1. The van der Waals surface area contributed by atoms with Gasteiger partial charge in [0.1, 0.15) is 35.1 Å². The number of rotatable bonds is 1. The fraction of sp³-hybridized carbons (Fsp3) is 0.364. The summed E-state index contributed by atoms with van der Waals surface area (Å²) >= 11 is 0. The molecule has 0 radical (unpaired) electrons. The van der Waals surface area contributed by atoms with Crippen molar-refractivity contribution in [1.29, 1.82) is 0 Å². The minimum Gasteiger partial charge on any atom is -0.491 e. The van der Waals surface area contributed by atoms with E-state index in [1.165, 1.54) is 0 Å². The molecule has 0 saturated heterocycles. The molecule has 4 N–H and O–H groups in total. The zero-order valence-corrected chi connectivity index (χ0v) is 16.8. The first-order valence-corrected chi connectivity index (χ1v) is 9.13. The summed E-state index contributed by atoms with van der Waals surface area (Å²) in [6, 6.07) is 5.36. The number of aromatic nitrogens is 2. The number of ether oxygens (including phenoxy) is 1. The third kappa shape index (κ3) is 4.78. The largest absolute Gasteiger partial charge is 0.491 e. The second kappa shape index (κ2) is 7.29. The lowest BCUT2D eigenvalue weighted by molar-refractivity contribution is 0.0995. The van der Waals surface area contributed by atoms with Crippen molar-refractivity contribution in [3.63, 3.8) is 0 Å². The van der Waals surface area contributed by atoms with Gasteiger partial charge in [-0.05, 0) is 51.8 Å². The van der Waals surface area contributed by atoms with Crippen LogP contribution in [0.15, 0.2) is 18.2 Å². The van der Waals surface area contributed by atoms with Gasteiger partial charge in [-0.15, -0.1) is 0 Å². The predicted octanol–water partition coefficient (Wildman–Crippen LogP) is 1.29. The third-order valence-corrected chi connectivity index (χ3v) is 3.99. The van der Waals surface area contributed by atoms with Crippen molar-refractivity contribution in [3.05, 3.63) is 35.2 Å². The molecule has 0 fully saturated rings. The number of carbonyl (C=O) groups is 1. The highest BCUT2D eigenvalue weighted by Crippen LogP contribution is 2.34. The van der Waals surface area contributed by atoms with E-state index in [4.69, 9.17) is 10.5 Å². The molecule has 7 nitrogen and oxygen atoms in total. The average molecular weight is 393 g/mol. The number of carbonyl (C=O) groups excluding carboxylic acids is 1. The van der Waals surface area contributed by atoms with Crippen molar-refractivity contribution < 1.29 is 19.7 Å². The number of primary amides is 1. The fourth-order valence-electron chi connectivity index (χ4n) is 2.77. The van der Waals surface area contributed by atoms with Crippen LogP contribution >= 0.6 is 0 Å². The summed E-state index contributed by atoms with van der Waals surface area (Å²) < 4.78 is 7.58. The number of hydrogen-bond donors (Lipinski definition) is 3. The molecule has 1 amide bonds. The Morgan fingerprint density at radius 1 is 1.17 bits per heavy atom. The minimum atomic E-state index is -1.24. The number of hydrogen-bond acceptors (Lipinski definition) is 5. The van der Waals surface area contributed by atoms with Crippen LogP contribution in [0.2, 0.25) is 0 Å². The van der Waals surface area contributed by atoms with E-state index in [0.29, 0.717) is 41.5 Å². The van der Waals surface area contributed by atoms with Gasteiger partial charge in [-0.1, -0.05) is 17.8 Å². The van der Waals surface area contributed by atoms with Crippen LogP contribution in [0.4, 0.5) is 0 Å². The monoisotopic (exact) mass is 393 g/mol. The Bertz CT molecular complexity index is 1090. The maximum Gasteiger partial charge on any atom is 0.270 e. The molecule has 0 unspecified atom stereocenters. The summed E-state index contributed by atoms with van der Waals surface area (Å²) in [7, 11) is 0. The van der Waals surface area contributed by atoms with Crippen LogP contribution in [0.5, 0.6) is 5.75 Å². The van der Waals surface area contributed by atoms with Gasteiger partial charge in [0.25, 0.3) is 5.91 Å². The molecule has 0 bridgehead atoms. The Labute approximate surface area is 169 Å². The van der Waals surface area contributed by atoms with Gasteiger partial charge in [-0.2, -0.15) is 0 Å². The molecule has 1 aromatic heterocycles. The van der Waals surface area contributed by atoms with E-state index in [1.54, 1.807) is 50.5 Å². The van der Waals surface area contributed by atoms with Crippen molar-refractivity contribution >= 4 is 5.91 Å². The first-order valence-electron chi connectivity index (χ1n) is 9.13. The van der Waals surface area contributed by atoms with Gasteiger partial charge in [-0.25, -0.2) is 4.98 Å². The molecule has 3 rings (SSSR count). The summed E-state index contributed by atoms with van der Waals surface area (Å²) in [4.78, 5) is 16.4. The third-order valence-electron chi connectivity index (χ3n) is 3.99. The van der Waals surface area contributed by atoms with Gasteiger partial charge in [0.05, 0.1) is 12.1 Å². The molecule has 0 spiro atoms. The summed E-state index contributed by atoms with van der Waals surface area (Å²) in [6.07, 6.45) is 0. The normalized spacial score (nSPS) is 12.9. The number of amides is 1. The maximum atomic E-state index is 12.0. The van der Waals surface area contributed by atoms with Crippen LogP contribution in [0.1, 0.15) is 49.4 Å². The zero-order chi connectivity index (χ0) is 21.4. The zero-order valence-electron chi connectivity index (χ0n) is 16.8. The number of nitrogens with zero attached hydrogens (tertiary/aromatic N) is 2. The Kier molecular flexibility index (Phi) is 5.15. The van der Waals surface area contributed by atoms with Crippen LogP contribution < -0.4 is 10.5 Å². The second-order valence-electron chi connectivity index (χ2n) is 7.83. The van der Waals surface area contributed by atoms with Gasteiger partial charge in [-0.3, -0.25) is 4.79 Å². The summed E-state index contributed by atoms with van der Waals surface area (Å²) in [5, 5.41) is 19.8. The molecule has 2 heterocycles. The lowest BCUT2D eigenvalue weighted by Crippen LogP contribution is -2.17. The maximum absolute atomic E-state index is 12.0. The van der Waals surface area contributed by atoms with E-state index in [9.17, 15) is 15.0 Å². The number of imidazole rings is 1. The minimum absolute atomic E-state index is 0.0394. The van der Waals surface area contributed by atoms with Crippen LogP contribution in [-0.4, -0.2) is 43.5 Å². The van der Waals surface area contributed by atoms with E-state index in [1.807, 2.05) is 0 Å². The Morgan fingerprint density at radius 3 is 2.45 bits per heavy atom. The van der Waals surface area contributed by atoms with Crippen molar-refractivity contribution in [1.82, 2.24) is 9.55 Å². The SMILES string of the molecule is CC(C)(O)C#Cc1ccc2c(c1)-c1nc(C(N)=O)c(C#CC(C)(C)O)n1CCO2. The van der Waals surface area contributed by atoms with E-state index in [2.05, 4.69) is 28.7 Å². The molecule has 1 aliphatic rings. The molecule has 1 aliphatic heterocycles. The molecule has 0 saturated carbocycles. The molecule has 0 aliphatic carbocycles. The fourth-order valence-corrected chi connectivity index (χ4v) is 2.77. The number of aliphatic hydroxyl groups is 2. The topological polar surface area (TPSA) is 111 Å². The first-order chi connectivity index (χ1) is 13.4. The molecule has 29 heavy (non-hydrogen) atoms. The van der Waals surface area contributed by atoms with Crippen molar-refractivity contribution in [2.24, 2.45) is 5.73 Å². The molecule has 7 heteroatoms. The molecule has 2 aromatic rings. The molecule has 1 aromatic carbocycles. The van der Waals surface area contributed by atoms with Crippen molar-refractivity contribution in [3.8, 4) is 40.8 Å². The van der Waals surface area contributed by atoms with E-state index < -0.39 is 17.1 Å². The quantitative estimate of drug-likeness (QED) is 0.632. The predicted molar refractivity (Wildman–Crippen MR) is 108 cm³/mol. The number of fused-ring (bicyclic) bond motifs is 3. The highest BCUT2D eigenvalue weighted by atomic mass is 16.5. The second-order valence-corrected chi connectivity index (χ2v) is 7.83. The van der Waals surface area contributed by atoms with E-state index >= 15 is 0 Å². The summed E-state index contributed by atoms with van der Waals surface area (Å²) in [6.45, 7) is 7.06. The lowest BCUT2D eigenvalue weighted by Gasteiger charge is -2.08. The Morgan fingerprint density at radius 2 is 1.83 bits per heavy atom. The van der Waals surface area contributed by atoms with Crippen molar-refractivity contribution in [2.45, 2.75) is 45.4 Å². The Balaban J connectivity index is 2.21. The van der Waals surface area contributed by atoms with Gasteiger partial charge >= 0.3 is 0 Å². The standard InChI is InChI=1S/C22H23N3O4/c1-21(2,27)9-7-14-5-6-17-15(13-14)20-24-18(19(23)26)16(8-10-22(3,4)28)25(20)11-12-29-17/h5-6,13,27-28H,11-12H2,1-4H3,(H2,23,26). The molecule has 0 atom stereocenters. The smallest absolute Gasteiger partial charge is 0.270 e. The van der Waals surface area contributed by atoms with Gasteiger partial charge in [0, 0.05) is 5.56 Å². The number of benzene rings is 1.